The number of benzene rings is 2. The minimum Gasteiger partial charge on any atom is -0.321 e. The van der Waals surface area contributed by atoms with Crippen molar-refractivity contribution < 1.29 is 4.79 Å². The highest BCUT2D eigenvalue weighted by molar-refractivity contribution is 7.17. The number of rotatable bonds is 6. The molecule has 140 valence electrons. The molecule has 0 radical (unpaired) electrons. The summed E-state index contributed by atoms with van der Waals surface area (Å²) in [5, 5.41) is 4.04. The summed E-state index contributed by atoms with van der Waals surface area (Å²) in [6.07, 6.45) is 2.79. The van der Waals surface area contributed by atoms with Gasteiger partial charge >= 0.3 is 0 Å². The molecule has 3 rings (SSSR count). The van der Waals surface area contributed by atoms with Gasteiger partial charge in [0.05, 0.1) is 5.69 Å². The quantitative estimate of drug-likeness (QED) is 0.566. The third kappa shape index (κ3) is 4.11. The van der Waals surface area contributed by atoms with Crippen LogP contribution in [0.25, 0.3) is 10.6 Å². The van der Waals surface area contributed by atoms with Gasteiger partial charge in [0.15, 0.2) is 0 Å². The zero-order valence-electron chi connectivity index (χ0n) is 16.4. The van der Waals surface area contributed by atoms with Crippen molar-refractivity contribution in [2.45, 2.75) is 47.0 Å². The Morgan fingerprint density at radius 1 is 0.963 bits per heavy atom. The summed E-state index contributed by atoms with van der Waals surface area (Å²) >= 11 is 1.46. The maximum atomic E-state index is 13.0. The molecule has 0 spiro atoms. The highest BCUT2D eigenvalue weighted by atomic mass is 32.1. The summed E-state index contributed by atoms with van der Waals surface area (Å²) in [7, 11) is 0. The van der Waals surface area contributed by atoms with Crippen LogP contribution in [0, 0.1) is 6.92 Å². The Balaban J connectivity index is 1.89. The van der Waals surface area contributed by atoms with Crippen molar-refractivity contribution in [1.82, 2.24) is 4.98 Å². The summed E-state index contributed by atoms with van der Waals surface area (Å²) < 4.78 is 0. The van der Waals surface area contributed by atoms with E-state index in [0.717, 1.165) is 41.2 Å². The number of nitrogens with zero attached hydrogens (tertiary/aromatic N) is 1. The molecule has 1 heterocycles. The lowest BCUT2D eigenvalue weighted by molar-refractivity contribution is 0.102. The summed E-state index contributed by atoms with van der Waals surface area (Å²) in [5.74, 6) is -0.0722. The van der Waals surface area contributed by atoms with Gasteiger partial charge in [0.2, 0.25) is 0 Å². The fourth-order valence-corrected chi connectivity index (χ4v) is 4.15. The molecule has 0 unspecified atom stereocenters. The Kier molecular flexibility index (Phi) is 6.07. The van der Waals surface area contributed by atoms with E-state index in [0.29, 0.717) is 4.88 Å². The number of hydrogen-bond acceptors (Lipinski definition) is 3. The van der Waals surface area contributed by atoms with Gasteiger partial charge < -0.3 is 5.32 Å². The Bertz CT molecular complexity index is 919. The Morgan fingerprint density at radius 2 is 1.59 bits per heavy atom. The summed E-state index contributed by atoms with van der Waals surface area (Å²) in [4.78, 5) is 18.3. The topological polar surface area (TPSA) is 42.0 Å². The minimum atomic E-state index is -0.0722. The van der Waals surface area contributed by atoms with Crippen LogP contribution in [0.4, 0.5) is 5.69 Å². The Labute approximate surface area is 165 Å². The van der Waals surface area contributed by atoms with Gasteiger partial charge in [0.1, 0.15) is 9.88 Å². The maximum Gasteiger partial charge on any atom is 0.267 e. The number of thiazole rings is 1. The van der Waals surface area contributed by atoms with E-state index in [2.05, 4.69) is 73.5 Å². The van der Waals surface area contributed by atoms with Gasteiger partial charge in [-0.2, -0.15) is 0 Å². The molecule has 1 amide bonds. The van der Waals surface area contributed by atoms with Crippen molar-refractivity contribution in [3.05, 3.63) is 69.7 Å². The fraction of sp³-hybridized carbons (Fsp3) is 0.304. The van der Waals surface area contributed by atoms with Crippen molar-refractivity contribution in [2.75, 3.05) is 5.32 Å². The number of aromatic nitrogens is 1. The van der Waals surface area contributed by atoms with Crippen LogP contribution in [0.2, 0.25) is 0 Å². The van der Waals surface area contributed by atoms with Gasteiger partial charge in [-0.3, -0.25) is 4.79 Å². The molecule has 0 bridgehead atoms. The number of carbonyl (C=O) groups is 1. The number of amides is 1. The van der Waals surface area contributed by atoms with E-state index in [1.54, 1.807) is 0 Å². The highest BCUT2D eigenvalue weighted by Gasteiger charge is 2.18. The van der Waals surface area contributed by atoms with Crippen molar-refractivity contribution in [1.29, 1.82) is 0 Å². The second-order valence-electron chi connectivity index (χ2n) is 6.60. The molecule has 0 saturated heterocycles. The van der Waals surface area contributed by atoms with Gasteiger partial charge in [-0.05, 0) is 42.9 Å². The van der Waals surface area contributed by atoms with Crippen LogP contribution < -0.4 is 5.32 Å². The van der Waals surface area contributed by atoms with Gasteiger partial charge in [-0.25, -0.2) is 4.98 Å². The second-order valence-corrected chi connectivity index (χ2v) is 7.60. The van der Waals surface area contributed by atoms with E-state index in [-0.39, 0.29) is 5.91 Å². The van der Waals surface area contributed by atoms with E-state index < -0.39 is 0 Å². The standard InChI is InChI=1S/C23H26N2OS/c1-5-16-11-13-19(14-12-16)23-24-15(4)21(27-23)22(26)25-20-17(6-2)9-8-10-18(20)7-3/h8-14H,5-7H2,1-4H3,(H,25,26). The second kappa shape index (κ2) is 8.49. The van der Waals surface area contributed by atoms with Crippen LogP contribution in [0.5, 0.6) is 0 Å². The van der Waals surface area contributed by atoms with Crippen LogP contribution >= 0.6 is 11.3 Å². The molecule has 0 aliphatic carbocycles. The van der Waals surface area contributed by atoms with Crippen molar-refractivity contribution in [3.63, 3.8) is 0 Å². The fourth-order valence-electron chi connectivity index (χ4n) is 3.19. The molecule has 4 heteroatoms. The van der Waals surface area contributed by atoms with Gasteiger partial charge in [-0.1, -0.05) is 63.2 Å². The number of carbonyl (C=O) groups excluding carboxylic acids is 1. The maximum absolute atomic E-state index is 13.0. The zero-order valence-corrected chi connectivity index (χ0v) is 17.2. The van der Waals surface area contributed by atoms with E-state index in [1.807, 2.05) is 6.92 Å². The van der Waals surface area contributed by atoms with E-state index in [4.69, 9.17) is 0 Å². The van der Waals surface area contributed by atoms with E-state index in [1.165, 1.54) is 28.0 Å². The normalized spacial score (nSPS) is 10.8. The molecule has 0 aliphatic rings. The predicted octanol–water partition coefficient (Wildman–Crippen LogP) is 6.06. The number of anilines is 1. The summed E-state index contributed by atoms with van der Waals surface area (Å²) in [6, 6.07) is 14.6. The first kappa shape index (κ1) is 19.3. The summed E-state index contributed by atoms with van der Waals surface area (Å²) in [6.45, 7) is 8.27. The molecular weight excluding hydrogens is 352 g/mol. The van der Waals surface area contributed by atoms with Crippen molar-refractivity contribution in [3.8, 4) is 10.6 Å². The molecule has 0 atom stereocenters. The molecule has 0 aliphatic heterocycles. The Hall–Kier alpha value is -2.46. The first-order valence-corrected chi connectivity index (χ1v) is 10.4. The molecule has 3 nitrogen and oxygen atoms in total. The third-order valence-electron chi connectivity index (χ3n) is 4.85. The number of nitrogens with one attached hydrogen (secondary N) is 1. The van der Waals surface area contributed by atoms with Crippen molar-refractivity contribution in [2.24, 2.45) is 0 Å². The largest absolute Gasteiger partial charge is 0.321 e. The molecule has 1 aromatic heterocycles. The van der Waals surface area contributed by atoms with Crippen LogP contribution in [-0.4, -0.2) is 10.9 Å². The first-order chi connectivity index (χ1) is 13.1. The first-order valence-electron chi connectivity index (χ1n) is 9.56. The predicted molar refractivity (Wildman–Crippen MR) is 115 cm³/mol. The van der Waals surface area contributed by atoms with Crippen LogP contribution in [0.15, 0.2) is 42.5 Å². The van der Waals surface area contributed by atoms with E-state index in [9.17, 15) is 4.79 Å². The van der Waals surface area contributed by atoms with Crippen LogP contribution in [0.1, 0.15) is 52.8 Å². The van der Waals surface area contributed by atoms with Crippen LogP contribution in [0.3, 0.4) is 0 Å². The lowest BCUT2D eigenvalue weighted by Crippen LogP contribution is -2.14. The van der Waals surface area contributed by atoms with Gasteiger partial charge in [0.25, 0.3) is 5.91 Å². The number of para-hydroxylation sites is 1. The van der Waals surface area contributed by atoms with Crippen molar-refractivity contribution >= 4 is 22.9 Å². The molecule has 27 heavy (non-hydrogen) atoms. The van der Waals surface area contributed by atoms with Gasteiger partial charge in [-0.15, -0.1) is 11.3 Å². The lowest BCUT2D eigenvalue weighted by Gasteiger charge is -2.14. The average Bonchev–Trinajstić information content (AvgIpc) is 3.10. The van der Waals surface area contributed by atoms with Gasteiger partial charge in [0, 0.05) is 11.3 Å². The molecular formula is C23H26N2OS. The molecule has 0 saturated carbocycles. The number of hydrogen-bond donors (Lipinski definition) is 1. The zero-order chi connectivity index (χ0) is 19.4. The average molecular weight is 379 g/mol. The molecule has 0 fully saturated rings. The lowest BCUT2D eigenvalue weighted by atomic mass is 10.0. The Morgan fingerprint density at radius 3 is 2.15 bits per heavy atom. The van der Waals surface area contributed by atoms with E-state index >= 15 is 0 Å². The third-order valence-corrected chi connectivity index (χ3v) is 6.05. The smallest absolute Gasteiger partial charge is 0.267 e. The SMILES string of the molecule is CCc1ccc(-c2nc(C)c(C(=O)Nc3c(CC)cccc3CC)s2)cc1. The summed E-state index contributed by atoms with van der Waals surface area (Å²) in [5.41, 5.74) is 6.42. The minimum absolute atomic E-state index is 0.0722. The molecule has 1 N–H and O–H groups in total. The molecule has 3 aromatic rings. The number of aryl methyl sites for hydroxylation is 4. The molecule has 2 aromatic carbocycles. The van der Waals surface area contributed by atoms with Crippen LogP contribution in [-0.2, 0) is 19.3 Å². The monoisotopic (exact) mass is 378 g/mol. The highest BCUT2D eigenvalue weighted by Crippen LogP contribution is 2.30.